The molecule has 1 aromatic heterocycles. The van der Waals surface area contributed by atoms with Crippen molar-refractivity contribution in [2.45, 2.75) is 339 Å². The molecule has 0 aliphatic heterocycles. The molecule has 14 amide bonds. The van der Waals surface area contributed by atoms with Crippen molar-refractivity contribution < 1.29 is 97.5 Å². The van der Waals surface area contributed by atoms with Crippen LogP contribution in [0.15, 0.2) is 36.8 Å². The molecule has 0 radical (unpaired) electrons. The monoisotopic (exact) mass is 2030 g/mol. The Balaban J connectivity index is 1.15. The summed E-state index contributed by atoms with van der Waals surface area (Å²) in [5.74, 6) is -13.3. The number of phenols is 1. The van der Waals surface area contributed by atoms with Crippen LogP contribution in [-0.4, -0.2) is 278 Å². The number of phenolic OH excluding ortho intramolecular Hbond substituents is 1. The molecule has 5 unspecified atom stereocenters. The Hall–Kier alpha value is -11.1. The van der Waals surface area contributed by atoms with E-state index in [9.17, 15) is 97.5 Å². The number of aromatic amines is 1. The van der Waals surface area contributed by atoms with E-state index in [0.717, 1.165) is 51.9 Å². The SMILES string of the molecule is CSCC[C@H](NC(=O)[C@H](CO)NC(=O)[C@H](CCCNC(=N)N)NC(=O)C(CC(C)C)NC(=O)[C@H](CCCCN)NC(=O)[C@H](CCCCN)NC(=O)CC[C@@H](C)[C@H]1CCC2C3CCC4C[C@H](O)CC[C@]4(C)C3CC[C@@]21C)C(=O)N[C@H](C(=O)N[C@@H](CC(=O)O)C(=O)N[C@@H](CCCCN)C(=O)N[C@@H](Cc1ccc(O)cc1)C(=O)N[C@@H](CCCNC(=N)N)C(=O)N[C@@H](CC(C)C)C(=O)N[C@@H](Cc1c[nH]cn1)C(N)=O)[C@@H](C)O. The van der Waals surface area contributed by atoms with Crippen LogP contribution in [0.2, 0.25) is 0 Å². The third-order valence-electron chi connectivity index (χ3n) is 28.7. The summed E-state index contributed by atoms with van der Waals surface area (Å²) in [5, 5.41) is 108. The molecule has 6 rings (SSSR count). The number of carbonyl (C=O) groups excluding carboxylic acids is 14. The van der Waals surface area contributed by atoms with Crippen molar-refractivity contribution in [1.29, 1.82) is 10.8 Å². The minimum Gasteiger partial charge on any atom is -0.508 e. The van der Waals surface area contributed by atoms with Gasteiger partial charge in [0.2, 0.25) is 82.7 Å². The Morgan fingerprint density at radius 3 is 1.36 bits per heavy atom. The number of hydrogen-bond donors (Lipinski definition) is 29. The van der Waals surface area contributed by atoms with Gasteiger partial charge in [0.1, 0.15) is 84.3 Å². The maximum absolute atomic E-state index is 14.9. The first-order chi connectivity index (χ1) is 67.8. The lowest BCUT2D eigenvalue weighted by Crippen LogP contribution is -2.62. The number of H-pyrrole nitrogens is 1. The van der Waals surface area contributed by atoms with Crippen molar-refractivity contribution in [1.82, 2.24) is 89.7 Å². The van der Waals surface area contributed by atoms with Crippen LogP contribution in [0, 0.1) is 69.0 Å². The highest BCUT2D eigenvalue weighted by Gasteiger charge is 2.61. The Labute approximate surface area is 842 Å². The highest BCUT2D eigenvalue weighted by molar-refractivity contribution is 7.98. The van der Waals surface area contributed by atoms with Crippen molar-refractivity contribution in [3.8, 4) is 5.75 Å². The van der Waals surface area contributed by atoms with Crippen molar-refractivity contribution in [2.75, 3.05) is 51.3 Å². The second-order valence-corrected chi connectivity index (χ2v) is 41.5. The van der Waals surface area contributed by atoms with Gasteiger partial charge in [-0.1, -0.05) is 60.6 Å². The number of primary amides is 1. The fourth-order valence-electron chi connectivity index (χ4n) is 21.0. The maximum atomic E-state index is 14.9. The predicted octanol–water partition coefficient (Wildman–Crippen LogP) is -1.27. The van der Waals surface area contributed by atoms with Crippen molar-refractivity contribution in [3.05, 3.63) is 48.0 Å². The van der Waals surface area contributed by atoms with E-state index < -0.39 is 192 Å². The highest BCUT2D eigenvalue weighted by Crippen LogP contribution is 2.68. The van der Waals surface area contributed by atoms with Crippen LogP contribution >= 0.6 is 11.8 Å². The number of carboxylic acid groups (broad SMARTS) is 1. The van der Waals surface area contributed by atoms with E-state index in [0.29, 0.717) is 79.5 Å². The molecule has 0 bridgehead atoms. The number of aromatic hydroxyl groups is 1. The van der Waals surface area contributed by atoms with Crippen molar-refractivity contribution in [2.24, 2.45) is 92.6 Å². The van der Waals surface area contributed by atoms with Gasteiger partial charge in [-0.05, 0) is 281 Å². The van der Waals surface area contributed by atoms with E-state index in [1.54, 1.807) is 34.0 Å². The van der Waals surface area contributed by atoms with E-state index >= 15 is 0 Å². The number of fused-ring (bicyclic) bond motifs is 5. The van der Waals surface area contributed by atoms with Gasteiger partial charge in [-0.2, -0.15) is 11.8 Å². The number of thioether (sulfide) groups is 1. The molecule has 143 heavy (non-hydrogen) atoms. The Morgan fingerprint density at radius 2 is 0.902 bits per heavy atom. The zero-order valence-electron chi connectivity index (χ0n) is 84.6. The predicted molar refractivity (Wildman–Crippen MR) is 538 cm³/mol. The number of carboxylic acids is 1. The van der Waals surface area contributed by atoms with Crippen LogP contribution in [0.4, 0.5) is 0 Å². The Morgan fingerprint density at radius 1 is 0.483 bits per heavy atom. The second kappa shape index (κ2) is 60.6. The zero-order chi connectivity index (χ0) is 106. The molecular formula is C97H165N25O20S. The van der Waals surface area contributed by atoms with Gasteiger partial charge in [-0.3, -0.25) is 82.7 Å². The van der Waals surface area contributed by atoms with Gasteiger partial charge in [0.15, 0.2) is 11.9 Å². The van der Waals surface area contributed by atoms with Gasteiger partial charge in [0.05, 0.1) is 37.3 Å². The number of guanidine groups is 2. The molecule has 46 heteroatoms. The lowest BCUT2D eigenvalue weighted by molar-refractivity contribution is -0.142. The van der Waals surface area contributed by atoms with Crippen molar-refractivity contribution in [3.63, 3.8) is 0 Å². The molecule has 0 spiro atoms. The summed E-state index contributed by atoms with van der Waals surface area (Å²) in [6, 6.07) is -14.9. The first-order valence-electron chi connectivity index (χ1n) is 50.7. The van der Waals surface area contributed by atoms with Gasteiger partial charge in [0, 0.05) is 38.5 Å². The van der Waals surface area contributed by atoms with Crippen LogP contribution in [0.5, 0.6) is 5.75 Å². The zero-order valence-corrected chi connectivity index (χ0v) is 85.4. The lowest BCUT2D eigenvalue weighted by Gasteiger charge is -2.61. The number of imidazole rings is 1. The third kappa shape index (κ3) is 39.1. The molecule has 1 aromatic carbocycles. The number of nitrogens with one attached hydrogen (secondary N) is 18. The van der Waals surface area contributed by atoms with Crippen LogP contribution in [-0.2, 0) is 84.8 Å². The molecule has 23 atom stereocenters. The standard InChI is InChI=1S/C97H165N25O20S/c1-53(2)44-73(117-83(132)67(19-11-14-39-99)111-82(131)66(18-10-13-38-98)110-78(127)32-23-55(5)63-30-31-64-62-29-26-58-47-61(126)33-36-96(58,7)65(62)34-37-97(63,64)8)88(137)113-70(22-17-42-108-95(104)105)86(135)121-77(51-123)92(141)115-71(35-43-143-9)87(136)122-80(56(6)124)93(142)120-76(49-79(128)129)91(140)112-68(20-12-15-40-100)84(133)119-75(46-57-24-27-60(125)28-25-57)90(139)114-69(21-16-41-107-94(102)103)85(134)118-74(45-54(3)4)89(138)116-72(81(101)130)48-59-50-106-52-109-59/h24-25,27-28,50,52-56,58,61-77,80,123-126H,10-23,26,29-49,51,98-100H2,1-9H3,(H2,101,130)(H,106,109)(H,110,127)(H,111,131)(H,112,140)(H,113,137)(H,114,139)(H,115,141)(H,116,138)(H,117,132)(H,118,134)(H,119,133)(H,120,142)(H,121,135)(H,122,136)(H,128,129)(H4,102,103,107)(H4,104,105,108)/t55-,56-,58?,61-,62?,63-,64?,65?,66+,67+,68+,69+,70+,71+,72+,73?,74+,75+,76+,77+,80+,96+,97-/m1/s1. The average molecular weight is 2030 g/mol. The van der Waals surface area contributed by atoms with Gasteiger partial charge in [-0.15, -0.1) is 0 Å². The van der Waals surface area contributed by atoms with E-state index in [1.165, 1.54) is 61.4 Å². The highest BCUT2D eigenvalue weighted by atomic mass is 32.2. The molecular weight excluding hydrogens is 1870 g/mol. The number of benzene rings is 1. The smallest absolute Gasteiger partial charge is 0.305 e. The minimum absolute atomic E-state index is 0.00273. The Kier molecular flexibility index (Phi) is 51.1. The number of amides is 14. The van der Waals surface area contributed by atoms with E-state index in [-0.39, 0.29) is 175 Å². The molecule has 0 saturated heterocycles. The number of rotatable bonds is 65. The largest absolute Gasteiger partial charge is 0.508 e. The molecule has 35 N–H and O–H groups in total. The van der Waals surface area contributed by atoms with Crippen LogP contribution in [0.25, 0.3) is 0 Å². The van der Waals surface area contributed by atoms with Gasteiger partial charge < -0.3 is 145 Å². The number of hydrogen-bond acceptors (Lipinski definition) is 26. The summed E-state index contributed by atoms with van der Waals surface area (Å²) in [5.41, 5.74) is 35.6. The van der Waals surface area contributed by atoms with E-state index in [4.69, 9.17) is 45.2 Å². The number of carbonyl (C=O) groups is 15. The van der Waals surface area contributed by atoms with Crippen LogP contribution in [0.1, 0.15) is 246 Å². The molecule has 4 fully saturated rings. The van der Waals surface area contributed by atoms with Gasteiger partial charge in [0.25, 0.3) is 0 Å². The van der Waals surface area contributed by atoms with Gasteiger partial charge in [-0.25, -0.2) is 4.98 Å². The van der Waals surface area contributed by atoms with Crippen LogP contribution in [0.3, 0.4) is 0 Å². The van der Waals surface area contributed by atoms with Crippen molar-refractivity contribution >= 4 is 112 Å². The first kappa shape index (κ1) is 121. The van der Waals surface area contributed by atoms with Gasteiger partial charge >= 0.3 is 5.97 Å². The first-order valence-corrected chi connectivity index (χ1v) is 52.1. The summed E-state index contributed by atoms with van der Waals surface area (Å²) in [6.07, 6.45) is 13.2. The number of aliphatic hydroxyl groups is 3. The summed E-state index contributed by atoms with van der Waals surface area (Å²) in [6.45, 7) is 14.9. The quantitative estimate of drug-likeness (QED) is 0.0209. The number of nitrogens with zero attached hydrogens (tertiary/aromatic N) is 1. The normalized spacial score (nSPS) is 21.6. The Bertz CT molecular complexity index is 4480. The summed E-state index contributed by atoms with van der Waals surface area (Å²) in [7, 11) is 0. The summed E-state index contributed by atoms with van der Waals surface area (Å²) < 4.78 is 0. The topological polar surface area (TPSA) is 770 Å². The molecule has 4 saturated carbocycles. The molecule has 45 nitrogen and oxygen atoms in total. The number of aromatic nitrogens is 2. The molecule has 2 aromatic rings. The fraction of sp³-hybridized carbons (Fsp3) is 0.732. The lowest BCUT2D eigenvalue weighted by atomic mass is 9.44. The van der Waals surface area contributed by atoms with E-state index in [2.05, 4.69) is 110 Å². The summed E-state index contributed by atoms with van der Waals surface area (Å²) >= 11 is 1.21. The fourth-order valence-corrected chi connectivity index (χ4v) is 21.4. The summed E-state index contributed by atoms with van der Waals surface area (Å²) in [4.78, 5) is 221. The molecule has 804 valence electrons. The number of nitrogens with two attached hydrogens (primary N) is 6. The number of aliphatic hydroxyl groups excluding tert-OH is 3. The third-order valence-corrected chi connectivity index (χ3v) is 29.3. The second-order valence-electron chi connectivity index (χ2n) is 40.5. The average Bonchev–Trinajstić information content (AvgIpc) is 1.61. The van der Waals surface area contributed by atoms with E-state index in [1.807, 2.05) is 0 Å². The molecule has 1 heterocycles. The number of aliphatic carboxylic acids is 1. The number of unbranched alkanes of at least 4 members (excludes halogenated alkanes) is 3. The van der Waals surface area contributed by atoms with Crippen LogP contribution < -0.4 is 114 Å². The maximum Gasteiger partial charge on any atom is 0.305 e. The molecule has 4 aliphatic carbocycles. The molecule has 4 aliphatic rings. The minimum atomic E-state index is -2.10.